The fourth-order valence-electron chi connectivity index (χ4n) is 3.37. The molecule has 0 radical (unpaired) electrons. The minimum absolute atomic E-state index is 0.577. The maximum atomic E-state index is 6.35. The van der Waals surface area contributed by atoms with Crippen molar-refractivity contribution in [3.8, 4) is 11.3 Å². The van der Waals surface area contributed by atoms with E-state index in [1.165, 1.54) is 5.69 Å². The van der Waals surface area contributed by atoms with Gasteiger partial charge in [-0.2, -0.15) is 5.10 Å². The lowest BCUT2D eigenvalue weighted by Gasteiger charge is -2.35. The highest BCUT2D eigenvalue weighted by Gasteiger charge is 2.16. The van der Waals surface area contributed by atoms with Gasteiger partial charge in [-0.15, -0.1) is 0 Å². The number of rotatable bonds is 3. The van der Waals surface area contributed by atoms with Crippen LogP contribution in [0.5, 0.6) is 0 Å². The van der Waals surface area contributed by atoms with Crippen LogP contribution >= 0.6 is 11.6 Å². The molecule has 130 valence electrons. The standard InChI is InChI=1S/C19H22ClN5/c1-3-23-8-10-24(11-9-23)16-6-4-15(5-7-16)17-13-18(20)25-19(21-17)12-14(2)22-25/h4-7,12-13H,3,8-11H2,1-2H3. The highest BCUT2D eigenvalue weighted by Crippen LogP contribution is 2.25. The molecule has 3 aromatic rings. The highest BCUT2D eigenvalue weighted by atomic mass is 35.5. The summed E-state index contributed by atoms with van der Waals surface area (Å²) in [5, 5.41) is 4.92. The summed E-state index contributed by atoms with van der Waals surface area (Å²) in [6.07, 6.45) is 0. The van der Waals surface area contributed by atoms with Crippen LogP contribution in [0, 0.1) is 6.92 Å². The second-order valence-corrected chi connectivity index (χ2v) is 6.88. The van der Waals surface area contributed by atoms with Gasteiger partial charge in [0.25, 0.3) is 0 Å². The van der Waals surface area contributed by atoms with Gasteiger partial charge in [0.15, 0.2) is 5.65 Å². The van der Waals surface area contributed by atoms with Crippen molar-refractivity contribution < 1.29 is 0 Å². The zero-order valence-corrected chi connectivity index (χ0v) is 15.4. The summed E-state index contributed by atoms with van der Waals surface area (Å²) in [6, 6.07) is 12.4. The number of fused-ring (bicyclic) bond motifs is 1. The summed E-state index contributed by atoms with van der Waals surface area (Å²) in [6.45, 7) is 9.73. The lowest BCUT2D eigenvalue weighted by molar-refractivity contribution is 0.271. The first-order valence-electron chi connectivity index (χ1n) is 8.74. The Hall–Kier alpha value is -2.11. The average Bonchev–Trinajstić information content (AvgIpc) is 3.03. The number of hydrogen-bond acceptors (Lipinski definition) is 4. The Bertz CT molecular complexity index is 879. The normalized spacial score (nSPS) is 15.9. The van der Waals surface area contributed by atoms with Crippen molar-refractivity contribution >= 4 is 22.9 Å². The summed E-state index contributed by atoms with van der Waals surface area (Å²) in [4.78, 5) is 9.62. The highest BCUT2D eigenvalue weighted by molar-refractivity contribution is 6.30. The van der Waals surface area contributed by atoms with E-state index in [2.05, 4.69) is 51.1 Å². The molecule has 1 aliphatic heterocycles. The molecule has 1 fully saturated rings. The van der Waals surface area contributed by atoms with Crippen LogP contribution in [0.1, 0.15) is 12.6 Å². The van der Waals surface area contributed by atoms with Gasteiger partial charge in [-0.3, -0.25) is 0 Å². The molecule has 0 saturated carbocycles. The number of aryl methyl sites for hydroxylation is 1. The topological polar surface area (TPSA) is 36.7 Å². The molecule has 1 aliphatic rings. The number of piperazine rings is 1. The third kappa shape index (κ3) is 3.22. The minimum atomic E-state index is 0.577. The zero-order chi connectivity index (χ0) is 17.4. The summed E-state index contributed by atoms with van der Waals surface area (Å²) in [5.41, 5.74) is 4.90. The number of anilines is 1. The molecule has 3 heterocycles. The first-order chi connectivity index (χ1) is 12.1. The van der Waals surface area contributed by atoms with E-state index in [0.717, 1.165) is 55.3 Å². The molecule has 0 amide bonds. The minimum Gasteiger partial charge on any atom is -0.369 e. The van der Waals surface area contributed by atoms with E-state index in [1.807, 2.05) is 19.1 Å². The molecule has 0 N–H and O–H groups in total. The Morgan fingerprint density at radius 2 is 1.76 bits per heavy atom. The third-order valence-corrected chi connectivity index (χ3v) is 5.12. The van der Waals surface area contributed by atoms with Crippen molar-refractivity contribution in [2.45, 2.75) is 13.8 Å². The van der Waals surface area contributed by atoms with Gasteiger partial charge in [-0.25, -0.2) is 9.50 Å². The Balaban J connectivity index is 1.58. The summed E-state index contributed by atoms with van der Waals surface area (Å²) in [5.74, 6) is 0. The molecule has 0 unspecified atom stereocenters. The molecule has 5 nitrogen and oxygen atoms in total. The molecule has 25 heavy (non-hydrogen) atoms. The van der Waals surface area contributed by atoms with E-state index in [4.69, 9.17) is 11.6 Å². The number of likely N-dealkylation sites (N-methyl/N-ethyl adjacent to an activating group) is 1. The van der Waals surface area contributed by atoms with Crippen molar-refractivity contribution in [1.29, 1.82) is 0 Å². The molecular formula is C19H22ClN5. The van der Waals surface area contributed by atoms with Crippen LogP contribution in [-0.4, -0.2) is 52.2 Å². The van der Waals surface area contributed by atoms with Crippen molar-refractivity contribution in [3.63, 3.8) is 0 Å². The molecule has 1 aromatic carbocycles. The molecule has 4 rings (SSSR count). The van der Waals surface area contributed by atoms with E-state index in [0.29, 0.717) is 5.15 Å². The van der Waals surface area contributed by atoms with Crippen LogP contribution < -0.4 is 4.90 Å². The molecule has 0 bridgehead atoms. The van der Waals surface area contributed by atoms with Gasteiger partial charge in [0.05, 0.1) is 11.4 Å². The second kappa shape index (κ2) is 6.65. The number of nitrogens with zero attached hydrogens (tertiary/aromatic N) is 5. The summed E-state index contributed by atoms with van der Waals surface area (Å²) in [7, 11) is 0. The third-order valence-electron chi connectivity index (χ3n) is 4.85. The van der Waals surface area contributed by atoms with Gasteiger partial charge >= 0.3 is 0 Å². The van der Waals surface area contributed by atoms with E-state index in [-0.39, 0.29) is 0 Å². The molecule has 6 heteroatoms. The van der Waals surface area contributed by atoms with Crippen molar-refractivity contribution in [2.75, 3.05) is 37.6 Å². The van der Waals surface area contributed by atoms with E-state index < -0.39 is 0 Å². The molecule has 0 atom stereocenters. The second-order valence-electron chi connectivity index (χ2n) is 6.49. The predicted molar refractivity (Wildman–Crippen MR) is 102 cm³/mol. The smallest absolute Gasteiger partial charge is 0.157 e. The Kier molecular flexibility index (Phi) is 4.36. The van der Waals surface area contributed by atoms with Gasteiger partial charge in [-0.05, 0) is 25.6 Å². The zero-order valence-electron chi connectivity index (χ0n) is 14.6. The van der Waals surface area contributed by atoms with E-state index in [9.17, 15) is 0 Å². The maximum absolute atomic E-state index is 6.35. The van der Waals surface area contributed by atoms with E-state index >= 15 is 0 Å². The number of hydrogen-bond donors (Lipinski definition) is 0. The SMILES string of the molecule is CCN1CCN(c2ccc(-c3cc(Cl)n4nc(C)cc4n3)cc2)CC1. The summed E-state index contributed by atoms with van der Waals surface area (Å²) < 4.78 is 1.67. The van der Waals surface area contributed by atoms with Gasteiger partial charge in [0, 0.05) is 49.6 Å². The van der Waals surface area contributed by atoms with Crippen LogP contribution in [0.3, 0.4) is 0 Å². The Morgan fingerprint density at radius 3 is 2.44 bits per heavy atom. The molecule has 0 spiro atoms. The number of benzene rings is 1. The number of aromatic nitrogens is 3. The fraction of sp³-hybridized carbons (Fsp3) is 0.368. The molecular weight excluding hydrogens is 334 g/mol. The maximum Gasteiger partial charge on any atom is 0.157 e. The lowest BCUT2D eigenvalue weighted by atomic mass is 10.1. The van der Waals surface area contributed by atoms with Gasteiger partial charge in [0.1, 0.15) is 5.15 Å². The van der Waals surface area contributed by atoms with Gasteiger partial charge in [0.2, 0.25) is 0 Å². The van der Waals surface area contributed by atoms with Crippen molar-refractivity contribution in [3.05, 3.63) is 47.2 Å². The predicted octanol–water partition coefficient (Wildman–Crippen LogP) is 3.50. The average molecular weight is 356 g/mol. The fourth-order valence-corrected chi connectivity index (χ4v) is 3.59. The first-order valence-corrected chi connectivity index (χ1v) is 9.12. The monoisotopic (exact) mass is 355 g/mol. The van der Waals surface area contributed by atoms with Gasteiger partial charge < -0.3 is 9.80 Å². The van der Waals surface area contributed by atoms with Crippen LogP contribution in [0.15, 0.2) is 36.4 Å². The first kappa shape index (κ1) is 16.4. The van der Waals surface area contributed by atoms with Gasteiger partial charge in [-0.1, -0.05) is 30.7 Å². The quantitative estimate of drug-likeness (QED) is 0.674. The largest absolute Gasteiger partial charge is 0.369 e. The van der Waals surface area contributed by atoms with Crippen LogP contribution in [0.25, 0.3) is 16.9 Å². The summed E-state index contributed by atoms with van der Waals surface area (Å²) >= 11 is 6.35. The van der Waals surface area contributed by atoms with E-state index in [1.54, 1.807) is 4.52 Å². The molecule has 0 aliphatic carbocycles. The van der Waals surface area contributed by atoms with Crippen LogP contribution in [-0.2, 0) is 0 Å². The molecule has 2 aromatic heterocycles. The van der Waals surface area contributed by atoms with Crippen molar-refractivity contribution in [2.24, 2.45) is 0 Å². The van der Waals surface area contributed by atoms with Crippen LogP contribution in [0.2, 0.25) is 5.15 Å². The van der Waals surface area contributed by atoms with Crippen LogP contribution in [0.4, 0.5) is 5.69 Å². The van der Waals surface area contributed by atoms with Crippen molar-refractivity contribution in [1.82, 2.24) is 19.5 Å². The molecule has 1 saturated heterocycles. The Morgan fingerprint density at radius 1 is 1.04 bits per heavy atom. The lowest BCUT2D eigenvalue weighted by Crippen LogP contribution is -2.46. The number of halogens is 1. The Labute approximate surface area is 152 Å².